The molecule has 1 atom stereocenters. The van der Waals surface area contributed by atoms with Crippen LogP contribution in [0.15, 0.2) is 0 Å². The molecule has 0 aromatic rings. The fourth-order valence-electron chi connectivity index (χ4n) is 1.25. The number of carbonyl (C=O) groups excluding carboxylic acids is 2. The average Bonchev–Trinajstić information content (AvgIpc) is 1.99. The van der Waals surface area contributed by atoms with E-state index < -0.39 is 33.3 Å². The SMILES string of the molecule is COC(=O)C(C(=O)CS(C)(=O)=O)C(C)C. The second kappa shape index (κ2) is 5.25. The largest absolute Gasteiger partial charge is 0.468 e. The van der Waals surface area contributed by atoms with Crippen LogP contribution >= 0.6 is 0 Å². The van der Waals surface area contributed by atoms with E-state index in [1.54, 1.807) is 13.8 Å². The molecule has 0 saturated carbocycles. The minimum absolute atomic E-state index is 0.272. The van der Waals surface area contributed by atoms with Gasteiger partial charge in [-0.25, -0.2) is 8.42 Å². The van der Waals surface area contributed by atoms with Crippen molar-refractivity contribution >= 4 is 21.6 Å². The van der Waals surface area contributed by atoms with Crippen molar-refractivity contribution < 1.29 is 22.7 Å². The van der Waals surface area contributed by atoms with E-state index in [0.29, 0.717) is 0 Å². The Labute approximate surface area is 89.7 Å². The summed E-state index contributed by atoms with van der Waals surface area (Å²) in [6, 6.07) is 0. The first-order chi connectivity index (χ1) is 6.69. The van der Waals surface area contributed by atoms with Crippen molar-refractivity contribution in [3.05, 3.63) is 0 Å². The first-order valence-electron chi connectivity index (χ1n) is 4.47. The van der Waals surface area contributed by atoms with Crippen LogP contribution in [-0.2, 0) is 24.2 Å². The number of ketones is 1. The Morgan fingerprint density at radius 1 is 1.27 bits per heavy atom. The van der Waals surface area contributed by atoms with E-state index in [2.05, 4.69) is 4.74 Å². The van der Waals surface area contributed by atoms with Gasteiger partial charge in [0.1, 0.15) is 11.7 Å². The van der Waals surface area contributed by atoms with Crippen molar-refractivity contribution in [2.75, 3.05) is 19.1 Å². The van der Waals surface area contributed by atoms with Crippen LogP contribution in [-0.4, -0.2) is 39.3 Å². The molecule has 0 saturated heterocycles. The van der Waals surface area contributed by atoms with Gasteiger partial charge in [0.2, 0.25) is 0 Å². The van der Waals surface area contributed by atoms with Crippen LogP contribution in [0.1, 0.15) is 13.8 Å². The lowest BCUT2D eigenvalue weighted by Crippen LogP contribution is -2.33. The molecule has 0 aliphatic rings. The zero-order chi connectivity index (χ0) is 12.2. The van der Waals surface area contributed by atoms with E-state index >= 15 is 0 Å². The molecule has 0 N–H and O–H groups in total. The highest BCUT2D eigenvalue weighted by molar-refractivity contribution is 7.91. The summed E-state index contributed by atoms with van der Waals surface area (Å²) in [7, 11) is -2.23. The quantitative estimate of drug-likeness (QED) is 0.497. The summed E-state index contributed by atoms with van der Waals surface area (Å²) in [5, 5.41) is 0. The lowest BCUT2D eigenvalue weighted by molar-refractivity contribution is -0.150. The van der Waals surface area contributed by atoms with Crippen LogP contribution in [0.3, 0.4) is 0 Å². The molecule has 0 bridgehead atoms. The van der Waals surface area contributed by atoms with Gasteiger partial charge in [-0.1, -0.05) is 13.8 Å². The maximum Gasteiger partial charge on any atom is 0.316 e. The van der Waals surface area contributed by atoms with Crippen LogP contribution in [0.4, 0.5) is 0 Å². The van der Waals surface area contributed by atoms with E-state index in [0.717, 1.165) is 6.26 Å². The fraction of sp³-hybridized carbons (Fsp3) is 0.778. The van der Waals surface area contributed by atoms with Gasteiger partial charge < -0.3 is 4.74 Å². The Morgan fingerprint density at radius 3 is 2.00 bits per heavy atom. The van der Waals surface area contributed by atoms with Crippen molar-refractivity contribution in [2.45, 2.75) is 13.8 Å². The zero-order valence-electron chi connectivity index (χ0n) is 9.31. The maximum atomic E-state index is 11.5. The van der Waals surface area contributed by atoms with E-state index in [-0.39, 0.29) is 5.92 Å². The first kappa shape index (κ1) is 14.1. The highest BCUT2D eigenvalue weighted by Gasteiger charge is 2.32. The normalized spacial score (nSPS) is 13.7. The van der Waals surface area contributed by atoms with Crippen molar-refractivity contribution in [2.24, 2.45) is 11.8 Å². The second-order valence-corrected chi connectivity index (χ2v) is 5.92. The smallest absolute Gasteiger partial charge is 0.316 e. The molecule has 0 aromatic heterocycles. The highest BCUT2D eigenvalue weighted by Crippen LogP contribution is 2.14. The minimum atomic E-state index is -3.40. The molecule has 15 heavy (non-hydrogen) atoms. The molecule has 0 aliphatic carbocycles. The standard InChI is InChI=1S/C9H16O5S/c1-6(2)8(9(11)14-3)7(10)5-15(4,12)13/h6,8H,5H2,1-4H3. The van der Waals surface area contributed by atoms with Crippen LogP contribution < -0.4 is 0 Å². The number of esters is 1. The molecule has 0 rings (SSSR count). The zero-order valence-corrected chi connectivity index (χ0v) is 10.1. The Hall–Kier alpha value is -0.910. The molecular weight excluding hydrogens is 220 g/mol. The van der Waals surface area contributed by atoms with Crippen LogP contribution in [0.5, 0.6) is 0 Å². The second-order valence-electron chi connectivity index (χ2n) is 3.78. The monoisotopic (exact) mass is 236 g/mol. The summed E-state index contributed by atoms with van der Waals surface area (Å²) in [4.78, 5) is 22.8. The van der Waals surface area contributed by atoms with Gasteiger partial charge in [0, 0.05) is 6.26 Å². The molecule has 0 radical (unpaired) electrons. The van der Waals surface area contributed by atoms with Gasteiger partial charge in [-0.15, -0.1) is 0 Å². The van der Waals surface area contributed by atoms with Crippen LogP contribution in [0, 0.1) is 11.8 Å². The molecule has 88 valence electrons. The molecule has 6 heteroatoms. The van der Waals surface area contributed by atoms with Gasteiger partial charge in [0.25, 0.3) is 0 Å². The van der Waals surface area contributed by atoms with Gasteiger partial charge in [-0.05, 0) is 5.92 Å². The average molecular weight is 236 g/mol. The maximum absolute atomic E-state index is 11.5. The topological polar surface area (TPSA) is 77.5 Å². The lowest BCUT2D eigenvalue weighted by atomic mass is 9.92. The third kappa shape index (κ3) is 4.92. The van der Waals surface area contributed by atoms with E-state index in [4.69, 9.17) is 0 Å². The van der Waals surface area contributed by atoms with Crippen molar-refractivity contribution in [3.8, 4) is 0 Å². The predicted molar refractivity (Wildman–Crippen MR) is 55.1 cm³/mol. The third-order valence-electron chi connectivity index (χ3n) is 1.87. The summed E-state index contributed by atoms with van der Waals surface area (Å²) in [5.41, 5.74) is 0. The van der Waals surface area contributed by atoms with E-state index in [1.807, 2.05) is 0 Å². The predicted octanol–water partition coefficient (Wildman–Crippen LogP) is 0.0453. The Kier molecular flexibility index (Phi) is 4.93. The van der Waals surface area contributed by atoms with Crippen molar-refractivity contribution in [1.29, 1.82) is 0 Å². The lowest BCUT2D eigenvalue weighted by Gasteiger charge is -2.16. The molecular formula is C9H16O5S. The van der Waals surface area contributed by atoms with Crippen LogP contribution in [0.2, 0.25) is 0 Å². The molecule has 0 fully saturated rings. The Balaban J connectivity index is 4.80. The molecule has 1 unspecified atom stereocenters. The van der Waals surface area contributed by atoms with Gasteiger partial charge in [-0.2, -0.15) is 0 Å². The fourth-order valence-corrected chi connectivity index (χ4v) is 1.95. The number of Topliss-reactive ketones (excluding diaryl/α,β-unsaturated/α-hetero) is 1. The van der Waals surface area contributed by atoms with E-state index in [1.165, 1.54) is 7.11 Å². The number of hydrogen-bond donors (Lipinski definition) is 0. The van der Waals surface area contributed by atoms with Crippen molar-refractivity contribution in [1.82, 2.24) is 0 Å². The van der Waals surface area contributed by atoms with Gasteiger partial charge >= 0.3 is 5.97 Å². The number of methoxy groups -OCH3 is 1. The third-order valence-corrected chi connectivity index (χ3v) is 2.68. The highest BCUT2D eigenvalue weighted by atomic mass is 32.2. The molecule has 0 amide bonds. The minimum Gasteiger partial charge on any atom is -0.468 e. The summed E-state index contributed by atoms with van der Waals surface area (Å²) in [6.45, 7) is 3.34. The number of hydrogen-bond acceptors (Lipinski definition) is 5. The van der Waals surface area contributed by atoms with Gasteiger partial charge in [-0.3, -0.25) is 9.59 Å². The molecule has 0 aliphatic heterocycles. The molecule has 0 aromatic carbocycles. The summed E-state index contributed by atoms with van der Waals surface area (Å²) < 4.78 is 26.3. The number of carbonyl (C=O) groups is 2. The van der Waals surface area contributed by atoms with E-state index in [9.17, 15) is 18.0 Å². The molecule has 0 spiro atoms. The summed E-state index contributed by atoms with van der Waals surface area (Å²) in [5.74, 6) is -3.18. The van der Waals surface area contributed by atoms with Gasteiger partial charge in [0.15, 0.2) is 15.6 Å². The van der Waals surface area contributed by atoms with Gasteiger partial charge in [0.05, 0.1) is 7.11 Å². The molecule has 5 nitrogen and oxygen atoms in total. The first-order valence-corrected chi connectivity index (χ1v) is 6.53. The number of ether oxygens (including phenoxy) is 1. The molecule has 0 heterocycles. The Bertz CT molecular complexity index is 342. The van der Waals surface area contributed by atoms with Crippen LogP contribution in [0.25, 0.3) is 0 Å². The summed E-state index contributed by atoms with van der Waals surface area (Å²) >= 11 is 0. The number of sulfone groups is 1. The summed E-state index contributed by atoms with van der Waals surface area (Å²) in [6.07, 6.45) is 0.958. The van der Waals surface area contributed by atoms with Crippen molar-refractivity contribution in [3.63, 3.8) is 0 Å². The Morgan fingerprint density at radius 2 is 1.73 bits per heavy atom. The number of rotatable bonds is 5.